The molecule has 1 aliphatic heterocycles. The van der Waals surface area contributed by atoms with Crippen LogP contribution in [0.3, 0.4) is 0 Å². The van der Waals surface area contributed by atoms with E-state index in [0.717, 1.165) is 43.1 Å². The summed E-state index contributed by atoms with van der Waals surface area (Å²) in [4.78, 5) is 2.57. The summed E-state index contributed by atoms with van der Waals surface area (Å²) in [6.07, 6.45) is 8.88. The predicted molar refractivity (Wildman–Crippen MR) is 126 cm³/mol. The van der Waals surface area contributed by atoms with Crippen LogP contribution in [0.4, 0.5) is 4.39 Å². The molecule has 1 saturated heterocycles. The van der Waals surface area contributed by atoms with Gasteiger partial charge in [0.15, 0.2) is 11.5 Å². The van der Waals surface area contributed by atoms with Crippen molar-refractivity contribution in [2.75, 3.05) is 33.4 Å². The quantitative estimate of drug-likeness (QED) is 0.403. The molecule has 1 heterocycles. The number of allylic oxidation sites excluding steroid dienone is 1. The maximum absolute atomic E-state index is 13.5. The highest BCUT2D eigenvalue weighted by Gasteiger charge is 2.31. The summed E-state index contributed by atoms with van der Waals surface area (Å²) in [5.74, 6) is 2.07. The molecule has 0 amide bonds. The van der Waals surface area contributed by atoms with E-state index in [2.05, 4.69) is 11.8 Å². The van der Waals surface area contributed by atoms with Crippen LogP contribution in [0, 0.1) is 11.7 Å². The van der Waals surface area contributed by atoms with Crippen LogP contribution in [0.25, 0.3) is 6.08 Å². The van der Waals surface area contributed by atoms with Crippen molar-refractivity contribution in [1.29, 1.82) is 0 Å². The van der Waals surface area contributed by atoms with Gasteiger partial charge in [-0.1, -0.05) is 50.1 Å². The van der Waals surface area contributed by atoms with E-state index >= 15 is 0 Å². The van der Waals surface area contributed by atoms with Gasteiger partial charge in [-0.15, -0.1) is 0 Å². The van der Waals surface area contributed by atoms with Crippen LogP contribution >= 0.6 is 0 Å². The lowest BCUT2D eigenvalue weighted by atomic mass is 9.80. The molecule has 0 spiro atoms. The number of benzene rings is 2. The Labute approximate surface area is 186 Å². The fourth-order valence-electron chi connectivity index (χ4n) is 4.51. The number of methoxy groups -OCH3 is 1. The van der Waals surface area contributed by atoms with E-state index in [-0.39, 0.29) is 5.82 Å². The highest BCUT2D eigenvalue weighted by molar-refractivity contribution is 5.55. The molecule has 168 valence electrons. The van der Waals surface area contributed by atoms with Gasteiger partial charge in [-0.05, 0) is 74.2 Å². The van der Waals surface area contributed by atoms with Gasteiger partial charge in [0.05, 0.1) is 13.7 Å². The standard InChI is InChI=1S/C27H36FNO2/c1-4-6-7-16-29-17-15-25(22-10-12-24(28)13-11-22)23(19-29)20-31-26-14-9-21(8-5-2)18-27(26)30-3/h5,8-14,18,23,25H,4,6-7,15-17,19-20H2,1-3H3/t23-,25-/m0/s1. The Hall–Kier alpha value is -2.33. The van der Waals surface area contributed by atoms with E-state index in [1.807, 2.05) is 49.4 Å². The molecule has 0 saturated carbocycles. The fraction of sp³-hybridized carbons (Fsp3) is 0.481. The first kappa shape index (κ1) is 23.3. The number of hydrogen-bond donors (Lipinski definition) is 0. The maximum atomic E-state index is 13.5. The molecule has 3 nitrogen and oxygen atoms in total. The molecule has 2 atom stereocenters. The Morgan fingerprint density at radius 3 is 2.61 bits per heavy atom. The van der Waals surface area contributed by atoms with Crippen LogP contribution in [0.2, 0.25) is 0 Å². The molecule has 1 aliphatic rings. The summed E-state index contributed by atoms with van der Waals surface area (Å²) in [6.45, 7) is 8.09. The van der Waals surface area contributed by atoms with E-state index in [4.69, 9.17) is 9.47 Å². The van der Waals surface area contributed by atoms with Crippen LogP contribution in [-0.2, 0) is 0 Å². The third-order valence-electron chi connectivity index (χ3n) is 6.19. The second-order valence-corrected chi connectivity index (χ2v) is 8.44. The SMILES string of the molecule is CC=Cc1ccc(OC[C@@H]2CN(CCCCC)CC[C@H]2c2ccc(F)cc2)c(OC)c1. The smallest absolute Gasteiger partial charge is 0.161 e. The number of ether oxygens (including phenoxy) is 2. The molecule has 3 rings (SSSR count). The lowest BCUT2D eigenvalue weighted by Gasteiger charge is -2.39. The van der Waals surface area contributed by atoms with Gasteiger partial charge in [-0.3, -0.25) is 0 Å². The average molecular weight is 426 g/mol. The van der Waals surface area contributed by atoms with Crippen molar-refractivity contribution in [2.24, 2.45) is 5.92 Å². The molecular weight excluding hydrogens is 389 g/mol. The molecular formula is C27H36FNO2. The van der Waals surface area contributed by atoms with Gasteiger partial charge in [0.1, 0.15) is 5.82 Å². The van der Waals surface area contributed by atoms with Gasteiger partial charge >= 0.3 is 0 Å². The highest BCUT2D eigenvalue weighted by Crippen LogP contribution is 2.35. The molecule has 0 radical (unpaired) electrons. The highest BCUT2D eigenvalue weighted by atomic mass is 19.1. The Kier molecular flexibility index (Phi) is 8.96. The number of unbranched alkanes of at least 4 members (excludes halogenated alkanes) is 2. The number of likely N-dealkylation sites (tertiary alicyclic amines) is 1. The van der Waals surface area contributed by atoms with Crippen molar-refractivity contribution in [3.05, 3.63) is 65.5 Å². The number of hydrogen-bond acceptors (Lipinski definition) is 3. The number of nitrogens with zero attached hydrogens (tertiary/aromatic N) is 1. The van der Waals surface area contributed by atoms with E-state index in [1.165, 1.54) is 24.8 Å². The van der Waals surface area contributed by atoms with Crippen molar-refractivity contribution in [3.63, 3.8) is 0 Å². The van der Waals surface area contributed by atoms with E-state index in [1.54, 1.807) is 19.2 Å². The van der Waals surface area contributed by atoms with Gasteiger partial charge in [0.2, 0.25) is 0 Å². The predicted octanol–water partition coefficient (Wildman–Crippen LogP) is 6.54. The minimum atomic E-state index is -0.181. The molecule has 0 N–H and O–H groups in total. The summed E-state index contributed by atoms with van der Waals surface area (Å²) < 4.78 is 25.3. The number of rotatable bonds is 10. The zero-order valence-corrected chi connectivity index (χ0v) is 19.1. The van der Waals surface area contributed by atoms with Crippen molar-refractivity contribution < 1.29 is 13.9 Å². The molecule has 2 aromatic carbocycles. The summed E-state index contributed by atoms with van der Waals surface area (Å²) >= 11 is 0. The Morgan fingerprint density at radius 1 is 1.10 bits per heavy atom. The van der Waals surface area contributed by atoms with Crippen molar-refractivity contribution in [3.8, 4) is 11.5 Å². The van der Waals surface area contributed by atoms with E-state index in [9.17, 15) is 4.39 Å². The van der Waals surface area contributed by atoms with Gasteiger partial charge in [-0.2, -0.15) is 0 Å². The van der Waals surface area contributed by atoms with Crippen LogP contribution in [-0.4, -0.2) is 38.3 Å². The van der Waals surface area contributed by atoms with Gasteiger partial charge in [0, 0.05) is 12.5 Å². The largest absolute Gasteiger partial charge is 0.493 e. The van der Waals surface area contributed by atoms with E-state index in [0.29, 0.717) is 18.4 Å². The maximum Gasteiger partial charge on any atom is 0.161 e. The second-order valence-electron chi connectivity index (χ2n) is 8.44. The Balaban J connectivity index is 1.73. The summed E-state index contributed by atoms with van der Waals surface area (Å²) in [5, 5.41) is 0. The van der Waals surface area contributed by atoms with Crippen LogP contribution in [0.1, 0.15) is 56.6 Å². The second kappa shape index (κ2) is 11.9. The molecule has 31 heavy (non-hydrogen) atoms. The molecule has 0 aromatic heterocycles. The number of halogens is 1. The first-order valence-electron chi connectivity index (χ1n) is 11.6. The molecule has 2 aromatic rings. The van der Waals surface area contributed by atoms with Crippen molar-refractivity contribution >= 4 is 6.08 Å². The molecule has 0 aliphatic carbocycles. The molecule has 0 unspecified atom stereocenters. The van der Waals surface area contributed by atoms with Crippen molar-refractivity contribution in [1.82, 2.24) is 4.90 Å². The molecule has 1 fully saturated rings. The van der Waals surface area contributed by atoms with E-state index < -0.39 is 0 Å². The molecule has 0 bridgehead atoms. The lowest BCUT2D eigenvalue weighted by Crippen LogP contribution is -2.42. The third-order valence-corrected chi connectivity index (χ3v) is 6.19. The Morgan fingerprint density at radius 2 is 1.90 bits per heavy atom. The minimum Gasteiger partial charge on any atom is -0.493 e. The van der Waals surface area contributed by atoms with Crippen LogP contribution in [0.5, 0.6) is 11.5 Å². The van der Waals surface area contributed by atoms with Crippen molar-refractivity contribution in [2.45, 2.75) is 45.4 Å². The summed E-state index contributed by atoms with van der Waals surface area (Å²) in [7, 11) is 1.68. The zero-order chi connectivity index (χ0) is 22.1. The topological polar surface area (TPSA) is 21.7 Å². The van der Waals surface area contributed by atoms with Gasteiger partial charge in [0.25, 0.3) is 0 Å². The molecule has 4 heteroatoms. The Bertz CT molecular complexity index is 834. The fourth-order valence-corrected chi connectivity index (χ4v) is 4.51. The van der Waals surface area contributed by atoms with Crippen LogP contribution in [0.15, 0.2) is 48.5 Å². The zero-order valence-electron chi connectivity index (χ0n) is 19.1. The number of piperidine rings is 1. The van der Waals surface area contributed by atoms with Gasteiger partial charge in [-0.25, -0.2) is 4.39 Å². The first-order chi connectivity index (χ1) is 15.1. The lowest BCUT2D eigenvalue weighted by molar-refractivity contribution is 0.108. The normalized spacial score (nSPS) is 19.6. The summed E-state index contributed by atoms with van der Waals surface area (Å²) in [6, 6.07) is 13.1. The minimum absolute atomic E-state index is 0.181. The van der Waals surface area contributed by atoms with Crippen LogP contribution < -0.4 is 9.47 Å². The third kappa shape index (κ3) is 6.57. The average Bonchev–Trinajstić information content (AvgIpc) is 2.79. The monoisotopic (exact) mass is 425 g/mol. The van der Waals surface area contributed by atoms with Gasteiger partial charge < -0.3 is 14.4 Å². The first-order valence-corrected chi connectivity index (χ1v) is 11.6. The summed E-state index contributed by atoms with van der Waals surface area (Å²) in [5.41, 5.74) is 2.30.